The molecule has 2 N–H and O–H groups in total. The zero-order valence-corrected chi connectivity index (χ0v) is 16.5. The molecule has 1 atom stereocenters. The van der Waals surface area contributed by atoms with Crippen LogP contribution in [0.4, 0.5) is 4.79 Å². The molecule has 152 valence electrons. The summed E-state index contributed by atoms with van der Waals surface area (Å²) in [6, 6.07) is 5.69. The minimum absolute atomic E-state index is 0.0758. The number of benzene rings is 1. The number of hydrogen-bond donors (Lipinski definition) is 2. The molecule has 9 heteroatoms. The van der Waals surface area contributed by atoms with Crippen molar-refractivity contribution in [2.24, 2.45) is 0 Å². The minimum Gasteiger partial charge on any atom is -0.481 e. The average Bonchev–Trinajstić information content (AvgIpc) is 2.64. The van der Waals surface area contributed by atoms with E-state index in [0.717, 1.165) is 0 Å². The summed E-state index contributed by atoms with van der Waals surface area (Å²) in [6.07, 6.45) is 0.184. The van der Waals surface area contributed by atoms with Gasteiger partial charge in [-0.05, 0) is 31.0 Å². The van der Waals surface area contributed by atoms with Crippen LogP contribution in [-0.2, 0) is 19.1 Å². The molecule has 0 aliphatic carbocycles. The minimum atomic E-state index is -0.947. The number of methoxy groups -OCH3 is 1. The van der Waals surface area contributed by atoms with Gasteiger partial charge in [0.15, 0.2) is 0 Å². The summed E-state index contributed by atoms with van der Waals surface area (Å²) in [6.45, 7) is 2.15. The number of hydrogen-bond acceptors (Lipinski definition) is 5. The Morgan fingerprint density at radius 3 is 2.54 bits per heavy atom. The molecule has 2 rings (SSSR count). The number of urea groups is 1. The standard InChI is InChI=1S/C19H23ClN2O6/c1-12-16(18(25)28-11-10-27-2)17(13-5-7-14(20)8-6-13)21-19(26)22(12)9-3-4-15(23)24/h5-8,17H,3-4,9-11H2,1-2H3,(H,21,26)(H,23,24). The zero-order valence-electron chi connectivity index (χ0n) is 15.7. The van der Waals surface area contributed by atoms with Gasteiger partial charge in [0.25, 0.3) is 0 Å². The fourth-order valence-corrected chi connectivity index (χ4v) is 3.03. The number of carboxylic acid groups (broad SMARTS) is 1. The number of carbonyl (C=O) groups is 3. The molecule has 28 heavy (non-hydrogen) atoms. The van der Waals surface area contributed by atoms with Crippen molar-refractivity contribution in [1.29, 1.82) is 0 Å². The molecule has 1 aromatic carbocycles. The molecule has 2 amide bonds. The highest BCUT2D eigenvalue weighted by Gasteiger charge is 2.36. The number of ether oxygens (including phenoxy) is 2. The second kappa shape index (κ2) is 10.1. The topological polar surface area (TPSA) is 105 Å². The van der Waals surface area contributed by atoms with Crippen LogP contribution >= 0.6 is 11.6 Å². The molecule has 0 saturated heterocycles. The Labute approximate surface area is 168 Å². The largest absolute Gasteiger partial charge is 0.481 e. The molecule has 0 spiro atoms. The predicted molar refractivity (Wildman–Crippen MR) is 102 cm³/mol. The van der Waals surface area contributed by atoms with E-state index in [4.69, 9.17) is 26.2 Å². The van der Waals surface area contributed by atoms with Crippen LogP contribution in [0.25, 0.3) is 0 Å². The summed E-state index contributed by atoms with van der Waals surface area (Å²) < 4.78 is 10.2. The monoisotopic (exact) mass is 410 g/mol. The van der Waals surface area contributed by atoms with Gasteiger partial charge in [-0.15, -0.1) is 0 Å². The quantitative estimate of drug-likeness (QED) is 0.479. The normalized spacial score (nSPS) is 16.8. The lowest BCUT2D eigenvalue weighted by molar-refractivity contribution is -0.141. The van der Waals surface area contributed by atoms with Crippen molar-refractivity contribution >= 4 is 29.6 Å². The van der Waals surface area contributed by atoms with Crippen LogP contribution < -0.4 is 5.32 Å². The predicted octanol–water partition coefficient (Wildman–Crippen LogP) is 2.73. The third-order valence-electron chi connectivity index (χ3n) is 4.31. The lowest BCUT2D eigenvalue weighted by Crippen LogP contribution is -2.48. The third kappa shape index (κ3) is 5.46. The van der Waals surface area contributed by atoms with Crippen LogP contribution in [-0.4, -0.2) is 54.8 Å². The van der Waals surface area contributed by atoms with Crippen molar-refractivity contribution in [3.8, 4) is 0 Å². The maximum absolute atomic E-state index is 12.7. The summed E-state index contributed by atoms with van der Waals surface area (Å²) in [7, 11) is 1.50. The van der Waals surface area contributed by atoms with Crippen LogP contribution in [0.3, 0.4) is 0 Å². The number of aliphatic carboxylic acids is 1. The number of carbonyl (C=O) groups excluding carboxylic acids is 2. The SMILES string of the molecule is COCCOC(=O)C1=C(C)N(CCCC(=O)O)C(=O)NC1c1ccc(Cl)cc1. The highest BCUT2D eigenvalue weighted by molar-refractivity contribution is 6.30. The molecular weight excluding hydrogens is 388 g/mol. The van der Waals surface area contributed by atoms with Crippen molar-refractivity contribution in [3.63, 3.8) is 0 Å². The van der Waals surface area contributed by atoms with Gasteiger partial charge in [-0.2, -0.15) is 0 Å². The van der Waals surface area contributed by atoms with Gasteiger partial charge in [0.1, 0.15) is 6.61 Å². The van der Waals surface area contributed by atoms with E-state index in [0.29, 0.717) is 16.3 Å². The van der Waals surface area contributed by atoms with Gasteiger partial charge >= 0.3 is 18.0 Å². The first-order valence-corrected chi connectivity index (χ1v) is 9.15. The lowest BCUT2D eigenvalue weighted by atomic mass is 9.95. The summed E-state index contributed by atoms with van der Waals surface area (Å²) in [4.78, 5) is 37.5. The molecule has 1 unspecified atom stereocenters. The van der Waals surface area contributed by atoms with E-state index in [1.807, 2.05) is 0 Å². The number of nitrogens with one attached hydrogen (secondary N) is 1. The van der Waals surface area contributed by atoms with Crippen molar-refractivity contribution in [2.45, 2.75) is 25.8 Å². The van der Waals surface area contributed by atoms with Gasteiger partial charge in [0.05, 0.1) is 18.2 Å². The molecule has 1 heterocycles. The Morgan fingerprint density at radius 2 is 1.93 bits per heavy atom. The van der Waals surface area contributed by atoms with E-state index in [2.05, 4.69) is 5.32 Å². The zero-order chi connectivity index (χ0) is 20.7. The number of esters is 1. The van der Waals surface area contributed by atoms with Crippen molar-refractivity contribution < 1.29 is 29.0 Å². The molecule has 1 aromatic rings. The Bertz CT molecular complexity index is 762. The van der Waals surface area contributed by atoms with Crippen LogP contribution in [0, 0.1) is 0 Å². The number of nitrogens with zero attached hydrogens (tertiary/aromatic N) is 1. The fourth-order valence-electron chi connectivity index (χ4n) is 2.90. The Morgan fingerprint density at radius 1 is 1.25 bits per heavy atom. The van der Waals surface area contributed by atoms with Gasteiger partial charge in [0.2, 0.25) is 0 Å². The van der Waals surface area contributed by atoms with Gasteiger partial charge in [-0.1, -0.05) is 23.7 Å². The van der Waals surface area contributed by atoms with Gasteiger partial charge in [-0.3, -0.25) is 9.69 Å². The van der Waals surface area contributed by atoms with E-state index in [-0.39, 0.29) is 38.2 Å². The lowest BCUT2D eigenvalue weighted by Gasteiger charge is -2.35. The Hall–Kier alpha value is -2.58. The number of carboxylic acids is 1. The fraction of sp³-hybridized carbons (Fsp3) is 0.421. The van der Waals surface area contributed by atoms with Crippen LogP contribution in [0.2, 0.25) is 5.02 Å². The Balaban J connectivity index is 2.34. The maximum atomic E-state index is 12.7. The van der Waals surface area contributed by atoms with Crippen LogP contribution in [0.15, 0.2) is 35.5 Å². The Kier molecular flexibility index (Phi) is 7.83. The third-order valence-corrected chi connectivity index (χ3v) is 4.56. The molecule has 0 bridgehead atoms. The molecule has 0 saturated carbocycles. The molecule has 1 aliphatic rings. The number of amides is 2. The first-order valence-electron chi connectivity index (χ1n) is 8.77. The van der Waals surface area contributed by atoms with Gasteiger partial charge < -0.3 is 19.9 Å². The summed E-state index contributed by atoms with van der Waals surface area (Å²) >= 11 is 5.94. The summed E-state index contributed by atoms with van der Waals surface area (Å²) in [5.41, 5.74) is 1.39. The summed E-state index contributed by atoms with van der Waals surface area (Å²) in [5, 5.41) is 12.2. The molecule has 0 fully saturated rings. The number of rotatable bonds is 9. The van der Waals surface area contributed by atoms with Crippen molar-refractivity contribution in [1.82, 2.24) is 10.2 Å². The smallest absolute Gasteiger partial charge is 0.338 e. The molecule has 1 aliphatic heterocycles. The molecule has 0 aromatic heterocycles. The second-order valence-corrected chi connectivity index (χ2v) is 6.65. The number of halogens is 1. The van der Waals surface area contributed by atoms with E-state index in [1.165, 1.54) is 12.0 Å². The van der Waals surface area contributed by atoms with E-state index in [9.17, 15) is 14.4 Å². The maximum Gasteiger partial charge on any atom is 0.338 e. The molecule has 0 radical (unpaired) electrons. The van der Waals surface area contributed by atoms with Gasteiger partial charge in [-0.25, -0.2) is 9.59 Å². The van der Waals surface area contributed by atoms with E-state index >= 15 is 0 Å². The highest BCUT2D eigenvalue weighted by atomic mass is 35.5. The van der Waals surface area contributed by atoms with Gasteiger partial charge in [0, 0.05) is 30.8 Å². The highest BCUT2D eigenvalue weighted by Crippen LogP contribution is 2.32. The summed E-state index contributed by atoms with van der Waals surface area (Å²) in [5.74, 6) is -1.52. The first kappa shape index (κ1) is 21.7. The number of allylic oxidation sites excluding steroid dienone is 1. The van der Waals surface area contributed by atoms with Crippen molar-refractivity contribution in [3.05, 3.63) is 46.1 Å². The van der Waals surface area contributed by atoms with Crippen LogP contribution in [0.5, 0.6) is 0 Å². The van der Waals surface area contributed by atoms with E-state index < -0.39 is 24.0 Å². The van der Waals surface area contributed by atoms with Crippen molar-refractivity contribution in [2.75, 3.05) is 26.9 Å². The van der Waals surface area contributed by atoms with Crippen LogP contribution in [0.1, 0.15) is 31.4 Å². The van der Waals surface area contributed by atoms with E-state index in [1.54, 1.807) is 31.2 Å². The average molecular weight is 411 g/mol. The first-order chi connectivity index (χ1) is 13.3. The second-order valence-electron chi connectivity index (χ2n) is 6.21. The molecule has 8 nitrogen and oxygen atoms in total. The molecular formula is C19H23ClN2O6.